The second-order valence-corrected chi connectivity index (χ2v) is 14.2. The van der Waals surface area contributed by atoms with Gasteiger partial charge in [0.05, 0.1) is 11.4 Å². The van der Waals surface area contributed by atoms with Crippen LogP contribution in [0.25, 0.3) is 33.4 Å². The summed E-state index contributed by atoms with van der Waals surface area (Å²) in [4.78, 5) is 2.81. The van der Waals surface area contributed by atoms with Gasteiger partial charge in [-0.3, -0.25) is 0 Å². The van der Waals surface area contributed by atoms with E-state index in [2.05, 4.69) is 20.4 Å². The third-order valence-electron chi connectivity index (χ3n) is 5.23. The summed E-state index contributed by atoms with van der Waals surface area (Å²) in [5, 5.41) is 97.8. The SMILES string of the molecule is CC(C)[O-].CC(C)[O-].CC(C)[O-].CC(C)[O-].CC(C)[O-].CC(C)[O-].Cc1ccc([O-])c(-n2nc3ccccc3n2)c1.Cc1ccc([O-])c(-n2nc3ccccc3n2)c1.[Zr+4].[Zr+4]. The first-order chi connectivity index (χ1) is 26.9. The summed E-state index contributed by atoms with van der Waals surface area (Å²) in [6, 6.07) is 25.3. The van der Waals surface area contributed by atoms with E-state index in [1.165, 1.54) is 9.59 Å². The molecule has 6 aromatic rings. The van der Waals surface area contributed by atoms with Crippen molar-refractivity contribution in [2.24, 2.45) is 0 Å². The van der Waals surface area contributed by atoms with E-state index < -0.39 is 36.6 Å². The Morgan fingerprint density at radius 1 is 0.367 bits per heavy atom. The first-order valence-corrected chi connectivity index (χ1v) is 19.0. The van der Waals surface area contributed by atoms with Gasteiger partial charge in [-0.1, -0.05) is 143 Å². The van der Waals surface area contributed by atoms with Crippen LogP contribution in [0.5, 0.6) is 11.5 Å². The van der Waals surface area contributed by atoms with E-state index >= 15 is 0 Å². The molecule has 0 radical (unpaired) electrons. The predicted octanol–water partition coefficient (Wildman–Crippen LogP) is 2.13. The molecule has 0 spiro atoms. The topological polar surface area (TPSA) is 246 Å². The van der Waals surface area contributed by atoms with Gasteiger partial charge in [-0.15, -0.1) is 57.0 Å². The van der Waals surface area contributed by atoms with E-state index in [0.717, 1.165) is 33.2 Å². The Bertz CT molecular complexity index is 1700. The van der Waals surface area contributed by atoms with Gasteiger partial charge < -0.3 is 40.9 Å². The van der Waals surface area contributed by atoms with Crippen molar-refractivity contribution in [3.8, 4) is 22.9 Å². The van der Waals surface area contributed by atoms with Crippen LogP contribution in [0.4, 0.5) is 0 Å². The molecular formula is C44H62N6O8Zr2. The van der Waals surface area contributed by atoms with Crippen molar-refractivity contribution in [1.29, 1.82) is 0 Å². The van der Waals surface area contributed by atoms with Crippen LogP contribution in [0.2, 0.25) is 0 Å². The van der Waals surface area contributed by atoms with E-state index in [1.54, 1.807) is 119 Å². The van der Waals surface area contributed by atoms with Crippen molar-refractivity contribution in [2.75, 3.05) is 0 Å². The van der Waals surface area contributed by atoms with Gasteiger partial charge in [0, 0.05) is 0 Å². The minimum absolute atomic E-state index is 0. The summed E-state index contributed by atoms with van der Waals surface area (Å²) in [7, 11) is 0. The summed E-state index contributed by atoms with van der Waals surface area (Å²) in [6.07, 6.45) is -2.50. The molecule has 0 saturated carbocycles. The second-order valence-electron chi connectivity index (χ2n) is 14.2. The zero-order valence-corrected chi connectivity index (χ0v) is 42.4. The van der Waals surface area contributed by atoms with Gasteiger partial charge >= 0.3 is 52.4 Å². The van der Waals surface area contributed by atoms with Gasteiger partial charge in [0.1, 0.15) is 22.1 Å². The molecule has 16 heteroatoms. The molecule has 0 fully saturated rings. The number of aryl methyl sites for hydroxylation is 2. The van der Waals surface area contributed by atoms with E-state index in [4.69, 9.17) is 0 Å². The van der Waals surface area contributed by atoms with Gasteiger partial charge in [0.25, 0.3) is 0 Å². The molecular weight excluding hydrogens is 923 g/mol. The standard InChI is InChI=1S/2C13H11N3O.6C3H7O.2Zr/c2*1-9-6-7-13(17)12(8-9)16-14-10-4-2-3-5-11(10)15-16;6*1-3(2)4;;/h2*2-8,17H,1H3;6*3H,1-2H3;;/q;;6*-1;2*+4/p-2. The molecule has 0 amide bonds. The maximum absolute atomic E-state index is 11.7. The number of fused-ring (bicyclic) bond motifs is 2. The first-order valence-electron chi connectivity index (χ1n) is 19.0. The van der Waals surface area contributed by atoms with Crippen molar-refractivity contribution in [1.82, 2.24) is 30.0 Å². The van der Waals surface area contributed by atoms with Crippen molar-refractivity contribution in [2.45, 2.75) is 134 Å². The molecule has 0 aliphatic heterocycles. The molecule has 2 heterocycles. The zero-order valence-electron chi connectivity index (χ0n) is 37.5. The van der Waals surface area contributed by atoms with Crippen molar-refractivity contribution in [3.05, 3.63) is 96.1 Å². The quantitative estimate of drug-likeness (QED) is 0.242. The Hall–Kier alpha value is -3.19. The molecule has 0 aliphatic rings. The summed E-state index contributed by atoms with van der Waals surface area (Å²) < 4.78 is 0. The van der Waals surface area contributed by atoms with Gasteiger partial charge in [0.2, 0.25) is 0 Å². The number of benzene rings is 4. The summed E-state index contributed by atoms with van der Waals surface area (Å²) in [6.45, 7) is 23.2. The molecule has 0 N–H and O–H groups in total. The fraction of sp³-hybridized carbons (Fsp3) is 0.455. The Kier molecular flexibility index (Phi) is 37.4. The monoisotopic (exact) mass is 982 g/mol. The number of hydrogen-bond acceptors (Lipinski definition) is 12. The molecule has 0 saturated heterocycles. The molecule has 0 atom stereocenters. The Labute approximate surface area is 395 Å². The van der Waals surface area contributed by atoms with Gasteiger partial charge in [0.15, 0.2) is 0 Å². The maximum Gasteiger partial charge on any atom is 4.00 e. The van der Waals surface area contributed by atoms with Crippen LogP contribution in [0, 0.1) is 13.8 Å². The van der Waals surface area contributed by atoms with E-state index in [1.807, 2.05) is 62.4 Å². The molecule has 60 heavy (non-hydrogen) atoms. The number of nitrogens with zero attached hydrogens (tertiary/aromatic N) is 6. The third-order valence-corrected chi connectivity index (χ3v) is 5.23. The number of aromatic nitrogens is 6. The number of rotatable bonds is 2. The average Bonchev–Trinajstić information content (AvgIpc) is 3.71. The van der Waals surface area contributed by atoms with E-state index in [-0.39, 0.29) is 63.9 Å². The van der Waals surface area contributed by atoms with Crippen LogP contribution in [0.3, 0.4) is 0 Å². The molecule has 4 aromatic carbocycles. The molecule has 0 unspecified atom stereocenters. The summed E-state index contributed by atoms with van der Waals surface area (Å²) in [5.41, 5.74) is 6.15. The van der Waals surface area contributed by atoms with Crippen molar-refractivity contribution in [3.63, 3.8) is 0 Å². The summed E-state index contributed by atoms with van der Waals surface area (Å²) >= 11 is 0. The summed E-state index contributed by atoms with van der Waals surface area (Å²) in [5.74, 6) is -0.146. The van der Waals surface area contributed by atoms with Crippen LogP contribution in [-0.2, 0) is 52.4 Å². The van der Waals surface area contributed by atoms with Crippen molar-refractivity contribution < 1.29 is 93.3 Å². The molecule has 14 nitrogen and oxygen atoms in total. The maximum atomic E-state index is 11.7. The third kappa shape index (κ3) is 33.5. The van der Waals surface area contributed by atoms with Gasteiger partial charge in [-0.05, 0) is 61.4 Å². The zero-order chi connectivity index (χ0) is 45.1. The first kappa shape index (κ1) is 63.4. The molecule has 324 valence electrons. The Balaban J connectivity index is -0.000000337. The van der Waals surface area contributed by atoms with Crippen LogP contribution < -0.4 is 40.9 Å². The molecule has 0 bridgehead atoms. The fourth-order valence-corrected chi connectivity index (χ4v) is 3.50. The minimum Gasteiger partial charge on any atom is -0.871 e. The molecule has 2 aromatic heterocycles. The Morgan fingerprint density at radius 3 is 0.733 bits per heavy atom. The number of hydrogen-bond donors (Lipinski definition) is 0. The van der Waals surface area contributed by atoms with Crippen molar-refractivity contribution >= 4 is 22.1 Å². The van der Waals surface area contributed by atoms with Crippen LogP contribution >= 0.6 is 0 Å². The van der Waals surface area contributed by atoms with Crippen LogP contribution in [-0.4, -0.2) is 66.6 Å². The van der Waals surface area contributed by atoms with Crippen LogP contribution in [0.1, 0.15) is 94.2 Å². The average molecular weight is 985 g/mol. The predicted molar refractivity (Wildman–Crippen MR) is 217 cm³/mol. The second kappa shape index (κ2) is 35.4. The molecule has 0 aliphatic carbocycles. The van der Waals surface area contributed by atoms with E-state index in [0.29, 0.717) is 11.4 Å². The molecule has 6 rings (SSSR count). The van der Waals surface area contributed by atoms with E-state index in [9.17, 15) is 40.9 Å². The largest absolute Gasteiger partial charge is 4.00 e. The van der Waals surface area contributed by atoms with Gasteiger partial charge in [-0.2, -0.15) is 9.59 Å². The minimum atomic E-state index is -0.417. The van der Waals surface area contributed by atoms with Gasteiger partial charge in [-0.25, -0.2) is 0 Å². The van der Waals surface area contributed by atoms with Crippen LogP contribution in [0.15, 0.2) is 84.9 Å². The fourth-order valence-electron chi connectivity index (χ4n) is 3.50. The normalized spacial score (nSPS) is 9.77. The smallest absolute Gasteiger partial charge is 0.871 e. The Morgan fingerprint density at radius 2 is 0.550 bits per heavy atom.